The second-order valence-corrected chi connectivity index (χ2v) is 6.75. The van der Waals surface area contributed by atoms with Crippen LogP contribution in [0.1, 0.15) is 59.8 Å². The predicted molar refractivity (Wildman–Crippen MR) is 79.1 cm³/mol. The van der Waals surface area contributed by atoms with E-state index in [0.717, 1.165) is 18.8 Å². The maximum Gasteiger partial charge on any atom is 0.245 e. The summed E-state index contributed by atoms with van der Waals surface area (Å²) in [5, 5.41) is 2.82. The largest absolute Gasteiger partial charge is 0.343 e. The van der Waals surface area contributed by atoms with Crippen LogP contribution in [0, 0.1) is 11.8 Å². The molecule has 1 aliphatic heterocycles. The van der Waals surface area contributed by atoms with Crippen molar-refractivity contribution in [2.45, 2.75) is 77.9 Å². The lowest BCUT2D eigenvalue weighted by molar-refractivity contribution is -0.154. The molecule has 2 aliphatic rings. The van der Waals surface area contributed by atoms with E-state index in [1.807, 2.05) is 18.7 Å². The summed E-state index contributed by atoms with van der Waals surface area (Å²) in [7, 11) is 0. The summed E-state index contributed by atoms with van der Waals surface area (Å²) < 4.78 is 0. The summed E-state index contributed by atoms with van der Waals surface area (Å²) in [6.07, 6.45) is 5.70. The van der Waals surface area contributed by atoms with Gasteiger partial charge in [-0.25, -0.2) is 0 Å². The van der Waals surface area contributed by atoms with Crippen molar-refractivity contribution in [3.05, 3.63) is 0 Å². The Kier molecular flexibility index (Phi) is 4.71. The Labute approximate surface area is 122 Å². The Morgan fingerprint density at radius 2 is 1.80 bits per heavy atom. The van der Waals surface area contributed by atoms with E-state index >= 15 is 0 Å². The zero-order valence-corrected chi connectivity index (χ0v) is 13.2. The molecule has 4 nitrogen and oxygen atoms in total. The molecule has 114 valence electrons. The van der Waals surface area contributed by atoms with Gasteiger partial charge < -0.3 is 10.2 Å². The smallest absolute Gasteiger partial charge is 0.245 e. The highest BCUT2D eigenvalue weighted by Crippen LogP contribution is 2.32. The van der Waals surface area contributed by atoms with Gasteiger partial charge >= 0.3 is 0 Å². The molecule has 1 saturated carbocycles. The van der Waals surface area contributed by atoms with Gasteiger partial charge in [-0.15, -0.1) is 0 Å². The maximum absolute atomic E-state index is 12.5. The monoisotopic (exact) mass is 280 g/mol. The van der Waals surface area contributed by atoms with E-state index in [9.17, 15) is 9.59 Å². The fraction of sp³-hybridized carbons (Fsp3) is 0.875. The third kappa shape index (κ3) is 2.84. The van der Waals surface area contributed by atoms with Gasteiger partial charge in [0.15, 0.2) is 0 Å². The first-order chi connectivity index (χ1) is 9.45. The lowest BCUT2D eigenvalue weighted by Crippen LogP contribution is -2.66. The summed E-state index contributed by atoms with van der Waals surface area (Å²) in [6, 6.07) is -0.408. The van der Waals surface area contributed by atoms with Gasteiger partial charge in [0.05, 0.1) is 0 Å². The van der Waals surface area contributed by atoms with Crippen molar-refractivity contribution in [2.75, 3.05) is 0 Å². The second-order valence-electron chi connectivity index (χ2n) is 6.75. The van der Waals surface area contributed by atoms with Crippen molar-refractivity contribution in [2.24, 2.45) is 11.8 Å². The highest BCUT2D eigenvalue weighted by molar-refractivity contribution is 5.97. The molecular formula is C16H28N2O2. The first-order valence-corrected chi connectivity index (χ1v) is 8.08. The van der Waals surface area contributed by atoms with Gasteiger partial charge in [0, 0.05) is 6.04 Å². The van der Waals surface area contributed by atoms with E-state index in [2.05, 4.69) is 12.2 Å². The summed E-state index contributed by atoms with van der Waals surface area (Å²) in [5.74, 6) is 1.08. The molecule has 2 fully saturated rings. The number of carbonyl (C=O) groups is 2. The first kappa shape index (κ1) is 15.3. The van der Waals surface area contributed by atoms with Crippen LogP contribution in [0.2, 0.25) is 0 Å². The van der Waals surface area contributed by atoms with E-state index in [1.54, 1.807) is 6.92 Å². The number of rotatable bonds is 3. The first-order valence-electron chi connectivity index (χ1n) is 8.08. The molecule has 0 bridgehead atoms. The van der Waals surface area contributed by atoms with Gasteiger partial charge in [-0.05, 0) is 44.4 Å². The van der Waals surface area contributed by atoms with E-state index in [1.165, 1.54) is 19.3 Å². The third-order valence-corrected chi connectivity index (χ3v) is 4.97. The molecule has 2 atom stereocenters. The number of amides is 2. The van der Waals surface area contributed by atoms with Gasteiger partial charge in [0.25, 0.3) is 0 Å². The van der Waals surface area contributed by atoms with Crippen LogP contribution in [-0.4, -0.2) is 34.8 Å². The minimum absolute atomic E-state index is 0.0183. The SMILES string of the molecule is CCC1CCC(N2C(=O)C(C)NC(=O)C2C(C)C)CC1. The summed E-state index contributed by atoms with van der Waals surface area (Å²) in [4.78, 5) is 26.7. The lowest BCUT2D eigenvalue weighted by Gasteiger charge is -2.46. The van der Waals surface area contributed by atoms with Crippen LogP contribution in [-0.2, 0) is 9.59 Å². The number of hydrogen-bond acceptors (Lipinski definition) is 2. The summed E-state index contributed by atoms with van der Waals surface area (Å²) in [5.41, 5.74) is 0. The Balaban J connectivity index is 2.16. The minimum atomic E-state index is -0.374. The van der Waals surface area contributed by atoms with Gasteiger partial charge in [0.2, 0.25) is 11.8 Å². The average molecular weight is 280 g/mol. The number of hydrogen-bond donors (Lipinski definition) is 1. The number of nitrogens with one attached hydrogen (secondary N) is 1. The molecule has 1 saturated heterocycles. The van der Waals surface area contributed by atoms with Crippen molar-refractivity contribution >= 4 is 11.8 Å². The number of carbonyl (C=O) groups excluding carboxylic acids is 2. The van der Waals surface area contributed by atoms with Crippen LogP contribution in [0.25, 0.3) is 0 Å². The molecule has 1 heterocycles. The third-order valence-electron chi connectivity index (χ3n) is 4.97. The average Bonchev–Trinajstić information content (AvgIpc) is 2.42. The van der Waals surface area contributed by atoms with E-state index < -0.39 is 0 Å². The Hall–Kier alpha value is -1.06. The zero-order chi connectivity index (χ0) is 14.9. The number of piperazine rings is 1. The van der Waals surface area contributed by atoms with E-state index in [0.29, 0.717) is 0 Å². The molecule has 2 amide bonds. The molecule has 0 aromatic carbocycles. The molecule has 0 radical (unpaired) electrons. The number of nitrogens with zero attached hydrogens (tertiary/aromatic N) is 1. The second kappa shape index (κ2) is 6.15. The van der Waals surface area contributed by atoms with Gasteiger partial charge in [-0.2, -0.15) is 0 Å². The van der Waals surface area contributed by atoms with Crippen LogP contribution in [0.15, 0.2) is 0 Å². The normalized spacial score (nSPS) is 35.4. The van der Waals surface area contributed by atoms with Crippen molar-refractivity contribution < 1.29 is 9.59 Å². The molecule has 4 heteroatoms. The van der Waals surface area contributed by atoms with Crippen molar-refractivity contribution in [1.82, 2.24) is 10.2 Å². The summed E-state index contributed by atoms with van der Waals surface area (Å²) in [6.45, 7) is 8.08. The van der Waals surface area contributed by atoms with E-state index in [-0.39, 0.29) is 35.9 Å². The topological polar surface area (TPSA) is 49.4 Å². The molecule has 0 aromatic rings. The summed E-state index contributed by atoms with van der Waals surface area (Å²) >= 11 is 0. The van der Waals surface area contributed by atoms with Crippen LogP contribution in [0.3, 0.4) is 0 Å². The van der Waals surface area contributed by atoms with Gasteiger partial charge in [-0.1, -0.05) is 27.2 Å². The zero-order valence-electron chi connectivity index (χ0n) is 13.2. The molecule has 20 heavy (non-hydrogen) atoms. The molecule has 1 aliphatic carbocycles. The molecule has 0 aromatic heterocycles. The molecular weight excluding hydrogens is 252 g/mol. The molecule has 2 rings (SSSR count). The van der Waals surface area contributed by atoms with Crippen molar-refractivity contribution in [3.8, 4) is 0 Å². The Morgan fingerprint density at radius 3 is 2.30 bits per heavy atom. The van der Waals surface area contributed by atoms with Crippen molar-refractivity contribution in [3.63, 3.8) is 0 Å². The van der Waals surface area contributed by atoms with Crippen molar-refractivity contribution in [1.29, 1.82) is 0 Å². The van der Waals surface area contributed by atoms with Crippen LogP contribution >= 0.6 is 0 Å². The maximum atomic E-state index is 12.5. The lowest BCUT2D eigenvalue weighted by atomic mass is 9.82. The Morgan fingerprint density at radius 1 is 1.20 bits per heavy atom. The van der Waals surface area contributed by atoms with Crippen LogP contribution in [0.5, 0.6) is 0 Å². The highest BCUT2D eigenvalue weighted by Gasteiger charge is 2.44. The van der Waals surface area contributed by atoms with Crippen LogP contribution in [0.4, 0.5) is 0 Å². The van der Waals surface area contributed by atoms with E-state index in [4.69, 9.17) is 0 Å². The molecule has 0 spiro atoms. The standard InChI is InChI=1S/C16H28N2O2/c1-5-12-6-8-13(9-7-12)18-14(10(2)3)15(19)17-11(4)16(18)20/h10-14H,5-9H2,1-4H3,(H,17,19). The Bertz CT molecular complexity index is 373. The van der Waals surface area contributed by atoms with Gasteiger partial charge in [0.1, 0.15) is 12.1 Å². The minimum Gasteiger partial charge on any atom is -0.343 e. The highest BCUT2D eigenvalue weighted by atomic mass is 16.2. The quantitative estimate of drug-likeness (QED) is 0.862. The van der Waals surface area contributed by atoms with Gasteiger partial charge in [-0.3, -0.25) is 9.59 Å². The fourth-order valence-electron chi connectivity index (χ4n) is 3.71. The predicted octanol–water partition coefficient (Wildman–Crippen LogP) is 2.33. The van der Waals surface area contributed by atoms with Crippen LogP contribution < -0.4 is 5.32 Å². The molecule has 1 N–H and O–H groups in total. The molecule has 2 unspecified atom stereocenters. The fourth-order valence-corrected chi connectivity index (χ4v) is 3.71.